The van der Waals surface area contributed by atoms with Gasteiger partial charge in [0.15, 0.2) is 0 Å². The van der Waals surface area contributed by atoms with Crippen LogP contribution in [0.15, 0.2) is 18.2 Å². The van der Waals surface area contributed by atoms with Crippen LogP contribution in [0.5, 0.6) is 0 Å². The zero-order chi connectivity index (χ0) is 10.1. The third-order valence-electron chi connectivity index (χ3n) is 2.96. The number of nitrogens with two attached hydrogens (primary N) is 1. The van der Waals surface area contributed by atoms with E-state index in [1.54, 1.807) is 0 Å². The molecule has 1 aliphatic carbocycles. The minimum Gasteiger partial charge on any atom is -0.392 e. The summed E-state index contributed by atoms with van der Waals surface area (Å²) in [4.78, 5) is 0. The first-order chi connectivity index (χ1) is 6.72. The maximum Gasteiger partial charge on any atom is 0.0685 e. The third-order valence-corrected chi connectivity index (χ3v) is 2.96. The molecule has 1 aliphatic rings. The van der Waals surface area contributed by atoms with E-state index >= 15 is 0 Å². The number of aliphatic hydroxyl groups is 1. The average Bonchev–Trinajstić information content (AvgIpc) is 3.00. The summed E-state index contributed by atoms with van der Waals surface area (Å²) in [5.41, 5.74) is 9.47. The fourth-order valence-corrected chi connectivity index (χ4v) is 1.88. The smallest absolute Gasteiger partial charge is 0.0685 e. The Labute approximate surface area is 84.7 Å². The quantitative estimate of drug-likeness (QED) is 0.766. The largest absolute Gasteiger partial charge is 0.392 e. The molecule has 0 amide bonds. The third kappa shape index (κ3) is 1.81. The summed E-state index contributed by atoms with van der Waals surface area (Å²) in [5.74, 6) is 0.641. The summed E-state index contributed by atoms with van der Waals surface area (Å²) >= 11 is 0. The molecule has 3 N–H and O–H groups in total. The monoisotopic (exact) mass is 191 g/mol. The Morgan fingerprint density at radius 3 is 2.79 bits per heavy atom. The molecule has 0 heterocycles. The highest BCUT2D eigenvalue weighted by molar-refractivity contribution is 5.34. The van der Waals surface area contributed by atoms with Crippen molar-refractivity contribution in [2.24, 2.45) is 11.7 Å². The van der Waals surface area contributed by atoms with Crippen LogP contribution in [0.2, 0.25) is 0 Å². The Balaban J connectivity index is 2.32. The lowest BCUT2D eigenvalue weighted by Crippen LogP contribution is -2.14. The molecule has 2 nitrogen and oxygen atoms in total. The summed E-state index contributed by atoms with van der Waals surface area (Å²) in [5, 5.41) is 9.20. The van der Waals surface area contributed by atoms with Gasteiger partial charge < -0.3 is 10.8 Å². The van der Waals surface area contributed by atoms with Gasteiger partial charge in [-0.3, -0.25) is 0 Å². The molecule has 0 aromatic heterocycles. The van der Waals surface area contributed by atoms with Crippen molar-refractivity contribution in [2.45, 2.75) is 32.4 Å². The van der Waals surface area contributed by atoms with Crippen LogP contribution in [0.4, 0.5) is 0 Å². The second-order valence-electron chi connectivity index (χ2n) is 4.22. The first-order valence-corrected chi connectivity index (χ1v) is 5.18. The summed E-state index contributed by atoms with van der Waals surface area (Å²) in [6, 6.07) is 6.23. The summed E-state index contributed by atoms with van der Waals surface area (Å²) in [6.45, 7) is 2.15. The van der Waals surface area contributed by atoms with E-state index in [1.807, 2.05) is 12.1 Å². The molecule has 76 valence electrons. The van der Waals surface area contributed by atoms with E-state index in [0.717, 1.165) is 11.1 Å². The van der Waals surface area contributed by atoms with Crippen LogP contribution < -0.4 is 5.73 Å². The number of benzene rings is 1. The van der Waals surface area contributed by atoms with Crippen molar-refractivity contribution in [3.63, 3.8) is 0 Å². The standard InChI is InChI=1S/C12H17NO/c1-8-2-3-10(7-14)11(6-8)12(13)9-4-5-9/h2-3,6,9,12,14H,4-5,7,13H2,1H3. The molecule has 0 bridgehead atoms. The summed E-state index contributed by atoms with van der Waals surface area (Å²) in [6.07, 6.45) is 2.47. The van der Waals surface area contributed by atoms with E-state index in [9.17, 15) is 5.11 Å². The molecule has 14 heavy (non-hydrogen) atoms. The molecular formula is C12H17NO. The predicted octanol–water partition coefficient (Wildman–Crippen LogP) is 1.90. The molecule has 0 spiro atoms. The molecule has 1 aromatic carbocycles. The lowest BCUT2D eigenvalue weighted by Gasteiger charge is -2.15. The van der Waals surface area contributed by atoms with Crippen molar-refractivity contribution in [1.29, 1.82) is 0 Å². The molecule has 2 rings (SSSR count). The Kier molecular flexibility index (Phi) is 2.57. The maximum atomic E-state index is 9.20. The fourth-order valence-electron chi connectivity index (χ4n) is 1.88. The highest BCUT2D eigenvalue weighted by Crippen LogP contribution is 2.40. The molecule has 1 fully saturated rings. The van der Waals surface area contributed by atoms with Crippen molar-refractivity contribution in [3.05, 3.63) is 34.9 Å². The normalized spacial score (nSPS) is 18.2. The van der Waals surface area contributed by atoms with Gasteiger partial charge in [-0.2, -0.15) is 0 Å². The maximum absolute atomic E-state index is 9.20. The molecule has 1 atom stereocenters. The predicted molar refractivity (Wildman–Crippen MR) is 56.8 cm³/mol. The van der Waals surface area contributed by atoms with E-state index in [0.29, 0.717) is 5.92 Å². The molecule has 0 radical (unpaired) electrons. The van der Waals surface area contributed by atoms with Gasteiger partial charge in [-0.25, -0.2) is 0 Å². The Morgan fingerprint density at radius 1 is 1.50 bits per heavy atom. The van der Waals surface area contributed by atoms with Crippen LogP contribution in [0.3, 0.4) is 0 Å². The summed E-state index contributed by atoms with van der Waals surface area (Å²) in [7, 11) is 0. The number of aryl methyl sites for hydroxylation is 1. The second kappa shape index (κ2) is 3.71. The second-order valence-corrected chi connectivity index (χ2v) is 4.22. The summed E-state index contributed by atoms with van der Waals surface area (Å²) < 4.78 is 0. The molecular weight excluding hydrogens is 174 g/mol. The van der Waals surface area contributed by atoms with Crippen LogP contribution in [0.25, 0.3) is 0 Å². The van der Waals surface area contributed by atoms with Crippen LogP contribution in [0.1, 0.15) is 35.6 Å². The molecule has 1 saturated carbocycles. The van der Waals surface area contributed by atoms with Gasteiger partial charge in [0.25, 0.3) is 0 Å². The van der Waals surface area contributed by atoms with Crippen molar-refractivity contribution in [3.8, 4) is 0 Å². The van der Waals surface area contributed by atoms with Gasteiger partial charge in [0.2, 0.25) is 0 Å². The van der Waals surface area contributed by atoms with Gasteiger partial charge >= 0.3 is 0 Å². The van der Waals surface area contributed by atoms with E-state index < -0.39 is 0 Å². The van der Waals surface area contributed by atoms with Crippen LogP contribution in [-0.2, 0) is 6.61 Å². The molecule has 2 heteroatoms. The Hall–Kier alpha value is -0.860. The fraction of sp³-hybridized carbons (Fsp3) is 0.500. The first-order valence-electron chi connectivity index (χ1n) is 5.18. The number of rotatable bonds is 3. The molecule has 0 aliphatic heterocycles. The van der Waals surface area contributed by atoms with Crippen LogP contribution in [0, 0.1) is 12.8 Å². The van der Waals surface area contributed by atoms with Crippen LogP contribution in [-0.4, -0.2) is 5.11 Å². The lowest BCUT2D eigenvalue weighted by molar-refractivity contribution is 0.279. The number of aliphatic hydroxyl groups excluding tert-OH is 1. The topological polar surface area (TPSA) is 46.2 Å². The highest BCUT2D eigenvalue weighted by atomic mass is 16.3. The minimum absolute atomic E-state index is 0.0933. The Bertz CT molecular complexity index is 331. The minimum atomic E-state index is 0.0933. The van der Waals surface area contributed by atoms with Gasteiger partial charge in [-0.1, -0.05) is 23.8 Å². The average molecular weight is 191 g/mol. The van der Waals surface area contributed by atoms with E-state index in [1.165, 1.54) is 18.4 Å². The van der Waals surface area contributed by atoms with Gasteiger partial charge in [-0.05, 0) is 36.8 Å². The first kappa shape index (κ1) is 9.69. The van der Waals surface area contributed by atoms with Gasteiger partial charge in [-0.15, -0.1) is 0 Å². The van der Waals surface area contributed by atoms with Crippen LogP contribution >= 0.6 is 0 Å². The van der Waals surface area contributed by atoms with E-state index in [2.05, 4.69) is 13.0 Å². The van der Waals surface area contributed by atoms with E-state index in [4.69, 9.17) is 5.73 Å². The van der Waals surface area contributed by atoms with Crippen molar-refractivity contribution < 1.29 is 5.11 Å². The number of hydrogen-bond acceptors (Lipinski definition) is 2. The van der Waals surface area contributed by atoms with Gasteiger partial charge in [0, 0.05) is 6.04 Å². The number of hydrogen-bond donors (Lipinski definition) is 2. The van der Waals surface area contributed by atoms with Crippen molar-refractivity contribution >= 4 is 0 Å². The lowest BCUT2D eigenvalue weighted by atomic mass is 9.96. The zero-order valence-electron chi connectivity index (χ0n) is 8.53. The molecule has 0 saturated heterocycles. The van der Waals surface area contributed by atoms with Gasteiger partial charge in [0.05, 0.1) is 6.61 Å². The highest BCUT2D eigenvalue weighted by Gasteiger charge is 2.30. The Morgan fingerprint density at radius 2 is 2.21 bits per heavy atom. The molecule has 1 aromatic rings. The molecule has 1 unspecified atom stereocenters. The van der Waals surface area contributed by atoms with Crippen molar-refractivity contribution in [2.75, 3.05) is 0 Å². The van der Waals surface area contributed by atoms with Gasteiger partial charge in [0.1, 0.15) is 0 Å². The van der Waals surface area contributed by atoms with E-state index in [-0.39, 0.29) is 12.6 Å². The SMILES string of the molecule is Cc1ccc(CO)c(C(N)C2CC2)c1. The van der Waals surface area contributed by atoms with Crippen molar-refractivity contribution in [1.82, 2.24) is 0 Å². The zero-order valence-corrected chi connectivity index (χ0v) is 8.53.